The van der Waals surface area contributed by atoms with Crippen molar-refractivity contribution in [3.8, 4) is 0 Å². The predicted molar refractivity (Wildman–Crippen MR) is 96.0 cm³/mol. The molecule has 1 aliphatic heterocycles. The lowest BCUT2D eigenvalue weighted by Gasteiger charge is -2.26. The largest absolute Gasteiger partial charge is 0.347 e. The summed E-state index contributed by atoms with van der Waals surface area (Å²) in [5.74, 6) is 0.126. The van der Waals surface area contributed by atoms with Crippen molar-refractivity contribution in [2.24, 2.45) is 0 Å². The van der Waals surface area contributed by atoms with Crippen LogP contribution in [0.1, 0.15) is 30.7 Å². The molecule has 1 aromatic carbocycles. The van der Waals surface area contributed by atoms with E-state index in [0.29, 0.717) is 13.0 Å². The zero-order valence-electron chi connectivity index (χ0n) is 14.2. The highest BCUT2D eigenvalue weighted by Gasteiger charge is 2.34. The lowest BCUT2D eigenvalue weighted by atomic mass is 10.1. The first-order valence-corrected chi connectivity index (χ1v) is 9.23. The fourth-order valence-electron chi connectivity index (χ4n) is 3.18. The van der Waals surface area contributed by atoms with E-state index >= 15 is 0 Å². The molecule has 1 aromatic heterocycles. The van der Waals surface area contributed by atoms with Crippen LogP contribution in [0.3, 0.4) is 0 Å². The molecule has 1 aliphatic rings. The molecule has 2 aromatic rings. The van der Waals surface area contributed by atoms with Gasteiger partial charge >= 0.3 is 0 Å². The van der Waals surface area contributed by atoms with E-state index in [1.54, 1.807) is 35.2 Å². The minimum Gasteiger partial charge on any atom is -0.347 e. The number of thiazole rings is 1. The molecule has 1 fully saturated rings. The Morgan fingerprint density at radius 3 is 2.88 bits per heavy atom. The summed E-state index contributed by atoms with van der Waals surface area (Å²) in [7, 11) is 3.49. The second kappa shape index (κ2) is 7.30. The molecule has 0 radical (unpaired) electrons. The number of likely N-dealkylation sites (tertiary alicyclic amines) is 1. The van der Waals surface area contributed by atoms with Crippen molar-refractivity contribution in [2.45, 2.75) is 38.1 Å². The van der Waals surface area contributed by atoms with Crippen molar-refractivity contribution < 1.29 is 9.59 Å². The van der Waals surface area contributed by atoms with Gasteiger partial charge in [-0.05, 0) is 37.8 Å². The van der Waals surface area contributed by atoms with E-state index in [9.17, 15) is 9.59 Å². The van der Waals surface area contributed by atoms with Crippen molar-refractivity contribution in [1.29, 1.82) is 0 Å². The number of likely N-dealkylation sites (N-methyl/N-ethyl adjacent to an activating group) is 1. The maximum Gasteiger partial charge on any atom is 0.244 e. The van der Waals surface area contributed by atoms with Gasteiger partial charge in [0.1, 0.15) is 6.04 Å². The maximum absolute atomic E-state index is 12.5. The predicted octanol–water partition coefficient (Wildman–Crippen LogP) is 2.70. The number of rotatable bonds is 5. The summed E-state index contributed by atoms with van der Waals surface area (Å²) in [6.07, 6.45) is 3.75. The second-order valence-corrected chi connectivity index (χ2v) is 7.52. The third-order valence-electron chi connectivity index (χ3n) is 4.42. The van der Waals surface area contributed by atoms with Crippen LogP contribution in [0.25, 0.3) is 10.2 Å². The first kappa shape index (κ1) is 16.9. The van der Waals surface area contributed by atoms with Crippen LogP contribution in [-0.4, -0.2) is 53.3 Å². The SMILES string of the molecule is CN(C)C(=O)C1CCCN1C(=O)CCCc1nc2ccccc2s1. The molecule has 3 rings (SSSR count). The summed E-state index contributed by atoms with van der Waals surface area (Å²) in [5.41, 5.74) is 1.03. The number of aromatic nitrogens is 1. The standard InChI is InChI=1S/C18H23N3O2S/c1-20(2)18(23)14-8-6-12-21(14)17(22)11-5-10-16-19-13-7-3-4-9-15(13)24-16/h3-4,7,9,14H,5-6,8,10-12H2,1-2H3. The summed E-state index contributed by atoms with van der Waals surface area (Å²) in [5, 5.41) is 1.08. The summed E-state index contributed by atoms with van der Waals surface area (Å²) < 4.78 is 1.19. The smallest absolute Gasteiger partial charge is 0.244 e. The van der Waals surface area contributed by atoms with Gasteiger partial charge in [0, 0.05) is 27.1 Å². The van der Waals surface area contributed by atoms with Crippen molar-refractivity contribution in [2.75, 3.05) is 20.6 Å². The van der Waals surface area contributed by atoms with Crippen molar-refractivity contribution in [1.82, 2.24) is 14.8 Å². The van der Waals surface area contributed by atoms with Gasteiger partial charge in [-0.2, -0.15) is 0 Å². The number of nitrogens with zero attached hydrogens (tertiary/aromatic N) is 3. The fraction of sp³-hybridized carbons (Fsp3) is 0.500. The number of fused-ring (bicyclic) bond motifs is 1. The Kier molecular flexibility index (Phi) is 5.14. The zero-order valence-corrected chi connectivity index (χ0v) is 15.0. The van der Waals surface area contributed by atoms with E-state index in [1.807, 2.05) is 18.2 Å². The van der Waals surface area contributed by atoms with Crippen LogP contribution in [0.15, 0.2) is 24.3 Å². The van der Waals surface area contributed by atoms with Crippen molar-refractivity contribution in [3.63, 3.8) is 0 Å². The van der Waals surface area contributed by atoms with E-state index < -0.39 is 0 Å². The Bertz CT molecular complexity index is 708. The Hall–Kier alpha value is -1.95. The molecule has 1 saturated heterocycles. The first-order chi connectivity index (χ1) is 11.6. The molecule has 0 N–H and O–H groups in total. The van der Waals surface area contributed by atoms with E-state index in [2.05, 4.69) is 11.1 Å². The molecular weight excluding hydrogens is 322 g/mol. The van der Waals surface area contributed by atoms with Crippen LogP contribution < -0.4 is 0 Å². The van der Waals surface area contributed by atoms with Gasteiger partial charge in [-0.25, -0.2) is 4.98 Å². The normalized spacial score (nSPS) is 17.4. The Morgan fingerprint density at radius 2 is 2.12 bits per heavy atom. The Morgan fingerprint density at radius 1 is 1.33 bits per heavy atom. The van der Waals surface area contributed by atoms with Crippen LogP contribution in [0.2, 0.25) is 0 Å². The highest BCUT2D eigenvalue weighted by molar-refractivity contribution is 7.18. The number of benzene rings is 1. The molecule has 24 heavy (non-hydrogen) atoms. The van der Waals surface area contributed by atoms with Gasteiger partial charge in [-0.15, -0.1) is 11.3 Å². The summed E-state index contributed by atoms with van der Waals surface area (Å²) >= 11 is 1.69. The molecule has 128 valence electrons. The van der Waals surface area contributed by atoms with Crippen LogP contribution in [0.4, 0.5) is 0 Å². The number of hydrogen-bond donors (Lipinski definition) is 0. The molecule has 0 spiro atoms. The topological polar surface area (TPSA) is 53.5 Å². The summed E-state index contributed by atoms with van der Waals surface area (Å²) in [6.45, 7) is 0.699. The van der Waals surface area contributed by atoms with Crippen LogP contribution in [0, 0.1) is 0 Å². The lowest BCUT2D eigenvalue weighted by Crippen LogP contribution is -2.45. The summed E-state index contributed by atoms with van der Waals surface area (Å²) in [6, 6.07) is 7.83. The summed E-state index contributed by atoms with van der Waals surface area (Å²) in [4.78, 5) is 32.6. The lowest BCUT2D eigenvalue weighted by molar-refractivity contribution is -0.142. The molecule has 0 aliphatic carbocycles. The van der Waals surface area contributed by atoms with E-state index in [1.165, 1.54) is 4.70 Å². The molecule has 1 unspecified atom stereocenters. The molecule has 0 saturated carbocycles. The van der Waals surface area contributed by atoms with Gasteiger partial charge in [0.05, 0.1) is 15.2 Å². The van der Waals surface area contributed by atoms with Crippen LogP contribution in [0.5, 0.6) is 0 Å². The monoisotopic (exact) mass is 345 g/mol. The number of amides is 2. The molecule has 5 nitrogen and oxygen atoms in total. The van der Waals surface area contributed by atoms with Crippen molar-refractivity contribution >= 4 is 33.4 Å². The Labute approximate surface area is 146 Å². The molecule has 0 bridgehead atoms. The van der Waals surface area contributed by atoms with Crippen molar-refractivity contribution in [3.05, 3.63) is 29.3 Å². The molecule has 2 heterocycles. The van der Waals surface area contributed by atoms with Gasteiger partial charge in [-0.3, -0.25) is 9.59 Å². The van der Waals surface area contributed by atoms with Gasteiger partial charge < -0.3 is 9.80 Å². The molecule has 1 atom stereocenters. The molecular formula is C18H23N3O2S. The molecule has 2 amide bonds. The fourth-order valence-corrected chi connectivity index (χ4v) is 4.19. The number of aryl methyl sites for hydroxylation is 1. The van der Waals surface area contributed by atoms with Crippen LogP contribution in [-0.2, 0) is 16.0 Å². The average Bonchev–Trinajstić information content (AvgIpc) is 3.20. The third-order valence-corrected chi connectivity index (χ3v) is 5.51. The van der Waals surface area contributed by atoms with Gasteiger partial charge in [-0.1, -0.05) is 12.1 Å². The number of hydrogen-bond acceptors (Lipinski definition) is 4. The zero-order chi connectivity index (χ0) is 17.1. The quantitative estimate of drug-likeness (QED) is 0.837. The minimum absolute atomic E-state index is 0.0343. The van der Waals surface area contributed by atoms with E-state index in [-0.39, 0.29) is 17.9 Å². The van der Waals surface area contributed by atoms with Gasteiger partial charge in [0.15, 0.2) is 0 Å². The highest BCUT2D eigenvalue weighted by atomic mass is 32.1. The highest BCUT2D eigenvalue weighted by Crippen LogP contribution is 2.24. The second-order valence-electron chi connectivity index (χ2n) is 6.41. The Balaban J connectivity index is 1.54. The van der Waals surface area contributed by atoms with E-state index in [4.69, 9.17) is 0 Å². The first-order valence-electron chi connectivity index (χ1n) is 8.41. The average molecular weight is 345 g/mol. The maximum atomic E-state index is 12.5. The van der Waals surface area contributed by atoms with Crippen LogP contribution >= 0.6 is 11.3 Å². The third kappa shape index (κ3) is 3.59. The number of carbonyl (C=O) groups is 2. The van der Waals surface area contributed by atoms with Gasteiger partial charge in [0.2, 0.25) is 11.8 Å². The number of carbonyl (C=O) groups excluding carboxylic acids is 2. The number of para-hydroxylation sites is 1. The minimum atomic E-state index is -0.269. The molecule has 6 heteroatoms. The van der Waals surface area contributed by atoms with E-state index in [0.717, 1.165) is 36.2 Å². The van der Waals surface area contributed by atoms with Gasteiger partial charge in [0.25, 0.3) is 0 Å².